The second-order valence-corrected chi connectivity index (χ2v) is 9.52. The van der Waals surface area contributed by atoms with Gasteiger partial charge in [-0.25, -0.2) is 9.78 Å². The Morgan fingerprint density at radius 2 is 1.86 bits per heavy atom. The molecule has 1 saturated heterocycles. The summed E-state index contributed by atoms with van der Waals surface area (Å²) in [5.74, 6) is -2.65. The van der Waals surface area contributed by atoms with Crippen LogP contribution in [0.5, 0.6) is 0 Å². The molecule has 1 amide bonds. The van der Waals surface area contributed by atoms with Gasteiger partial charge >= 0.3 is 5.97 Å². The minimum atomic E-state index is -1.66. The van der Waals surface area contributed by atoms with Crippen LogP contribution < -0.4 is 10.2 Å². The van der Waals surface area contributed by atoms with Gasteiger partial charge in [0, 0.05) is 61.0 Å². The van der Waals surface area contributed by atoms with Crippen molar-refractivity contribution < 1.29 is 24.6 Å². The van der Waals surface area contributed by atoms with Crippen LogP contribution in [-0.4, -0.2) is 75.0 Å². The smallest absolute Gasteiger partial charge is 0.376 e. The van der Waals surface area contributed by atoms with E-state index in [4.69, 9.17) is 5.11 Å². The van der Waals surface area contributed by atoms with Gasteiger partial charge in [-0.3, -0.25) is 9.59 Å². The highest BCUT2D eigenvalue weighted by atomic mass is 79.9. The summed E-state index contributed by atoms with van der Waals surface area (Å²) in [5.41, 5.74) is 2.25. The lowest BCUT2D eigenvalue weighted by Crippen LogP contribution is -2.49. The minimum absolute atomic E-state index is 0.165. The van der Waals surface area contributed by atoms with Crippen molar-refractivity contribution in [3.8, 4) is 0 Å². The van der Waals surface area contributed by atoms with Crippen molar-refractivity contribution in [2.75, 3.05) is 36.4 Å². The number of carboxylic acid groups (broad SMARTS) is 1. The van der Waals surface area contributed by atoms with E-state index in [2.05, 4.69) is 50.0 Å². The molecule has 3 heterocycles. The highest BCUT2D eigenvalue weighted by Gasteiger charge is 2.27. The van der Waals surface area contributed by atoms with E-state index in [1.54, 1.807) is 23.2 Å². The number of benzene rings is 1. The molecule has 4 rings (SSSR count). The first-order valence-electron chi connectivity index (χ1n) is 11.4. The van der Waals surface area contributed by atoms with Gasteiger partial charge < -0.3 is 30.3 Å². The Morgan fingerprint density at radius 3 is 2.53 bits per heavy atom. The number of aliphatic hydroxyl groups excluding tert-OH is 1. The van der Waals surface area contributed by atoms with E-state index in [1.165, 1.54) is 6.07 Å². The van der Waals surface area contributed by atoms with E-state index in [9.17, 15) is 19.5 Å². The maximum Gasteiger partial charge on any atom is 0.376 e. The maximum atomic E-state index is 13.3. The molecule has 1 fully saturated rings. The minimum Gasteiger partial charge on any atom is -0.507 e. The van der Waals surface area contributed by atoms with Crippen LogP contribution >= 0.6 is 15.9 Å². The number of nitrogens with zero attached hydrogens (tertiary/aromatic N) is 3. The number of fused-ring (bicyclic) bond motifs is 1. The van der Waals surface area contributed by atoms with Crippen molar-refractivity contribution in [1.82, 2.24) is 14.9 Å². The SMILES string of the molecule is CC(C)Nc1cccnc1N1CCN(C(=O)c2[nH]c3ccc(C(O)=CC(=O)C(=O)O)cc3c2Br)CC1. The topological polar surface area (TPSA) is 139 Å². The summed E-state index contributed by atoms with van der Waals surface area (Å²) in [6, 6.07) is 8.94. The molecule has 188 valence electrons. The number of aromatic nitrogens is 2. The number of carbonyl (C=O) groups is 3. The molecule has 0 atom stereocenters. The summed E-state index contributed by atoms with van der Waals surface area (Å²) in [7, 11) is 0. The highest BCUT2D eigenvalue weighted by Crippen LogP contribution is 2.31. The molecule has 11 heteroatoms. The molecule has 2 aromatic heterocycles. The summed E-state index contributed by atoms with van der Waals surface area (Å²) in [5, 5.41) is 22.9. The van der Waals surface area contributed by atoms with Crippen LogP contribution in [0.1, 0.15) is 29.9 Å². The fourth-order valence-corrected chi connectivity index (χ4v) is 4.68. The number of aromatic amines is 1. The summed E-state index contributed by atoms with van der Waals surface area (Å²) in [4.78, 5) is 47.1. The highest BCUT2D eigenvalue weighted by molar-refractivity contribution is 9.10. The fraction of sp³-hybridized carbons (Fsp3) is 0.280. The number of nitrogens with one attached hydrogen (secondary N) is 2. The Kier molecular flexibility index (Phi) is 7.30. The van der Waals surface area contributed by atoms with E-state index >= 15 is 0 Å². The summed E-state index contributed by atoms with van der Waals surface area (Å²) >= 11 is 3.49. The quantitative estimate of drug-likeness (QED) is 0.197. The Bertz CT molecular complexity index is 1360. The van der Waals surface area contributed by atoms with Crippen molar-refractivity contribution in [2.45, 2.75) is 19.9 Å². The fourth-order valence-electron chi connectivity index (χ4n) is 4.09. The standard InChI is InChI=1S/C25H26BrN5O5/c1-14(2)28-18-4-3-7-27-23(18)30-8-10-31(11-9-30)24(34)22-21(26)16-12-15(5-6-17(16)29-22)19(32)13-20(33)25(35)36/h3-7,12-14,28-29,32H,8-11H2,1-2H3,(H,35,36). The lowest BCUT2D eigenvalue weighted by molar-refractivity contribution is -0.146. The Balaban J connectivity index is 1.51. The number of hydrogen-bond donors (Lipinski definition) is 4. The molecule has 3 aromatic rings. The van der Waals surface area contributed by atoms with Crippen molar-refractivity contribution >= 4 is 61.8 Å². The van der Waals surface area contributed by atoms with Gasteiger partial charge in [0.05, 0.1) is 10.2 Å². The van der Waals surface area contributed by atoms with Crippen molar-refractivity contribution in [3.05, 3.63) is 58.3 Å². The monoisotopic (exact) mass is 555 g/mol. The second kappa shape index (κ2) is 10.4. The number of H-pyrrole nitrogens is 1. The first kappa shape index (κ1) is 25.2. The number of ketones is 1. The molecule has 4 N–H and O–H groups in total. The number of aliphatic carboxylic acids is 1. The van der Waals surface area contributed by atoms with Gasteiger partial charge in [-0.2, -0.15) is 0 Å². The number of carbonyl (C=O) groups excluding carboxylic acids is 2. The zero-order valence-corrected chi connectivity index (χ0v) is 21.4. The molecule has 0 bridgehead atoms. The van der Waals surface area contributed by atoms with Crippen LogP contribution in [0, 0.1) is 0 Å². The van der Waals surface area contributed by atoms with Crippen LogP contribution in [0.3, 0.4) is 0 Å². The second-order valence-electron chi connectivity index (χ2n) is 8.73. The Hall–Kier alpha value is -3.86. The number of amides is 1. The van der Waals surface area contributed by atoms with Gasteiger partial charge in [-0.05, 0) is 60.1 Å². The summed E-state index contributed by atoms with van der Waals surface area (Å²) < 4.78 is 0.525. The molecular weight excluding hydrogens is 530 g/mol. The van der Waals surface area contributed by atoms with E-state index in [-0.39, 0.29) is 17.5 Å². The van der Waals surface area contributed by atoms with Crippen LogP contribution in [0.15, 0.2) is 47.1 Å². The number of halogens is 1. The number of carboxylic acids is 1. The van der Waals surface area contributed by atoms with E-state index in [1.807, 2.05) is 12.1 Å². The lowest BCUT2D eigenvalue weighted by Gasteiger charge is -2.36. The molecule has 1 aromatic carbocycles. The van der Waals surface area contributed by atoms with Gasteiger partial charge in [0.15, 0.2) is 5.82 Å². The third-order valence-electron chi connectivity index (χ3n) is 5.82. The van der Waals surface area contributed by atoms with E-state index in [0.29, 0.717) is 53.3 Å². The molecule has 0 aliphatic carbocycles. The average molecular weight is 556 g/mol. The number of aliphatic hydroxyl groups is 1. The maximum absolute atomic E-state index is 13.3. The molecule has 1 aliphatic heterocycles. The normalized spacial score (nSPS) is 14.4. The first-order valence-corrected chi connectivity index (χ1v) is 12.2. The molecule has 0 saturated carbocycles. The van der Waals surface area contributed by atoms with Crippen LogP contribution in [0.4, 0.5) is 11.5 Å². The zero-order chi connectivity index (χ0) is 26.0. The number of piperazine rings is 1. The van der Waals surface area contributed by atoms with Gasteiger partial charge in [0.1, 0.15) is 11.5 Å². The number of hydrogen-bond acceptors (Lipinski definition) is 7. The largest absolute Gasteiger partial charge is 0.507 e. The molecule has 1 aliphatic rings. The Morgan fingerprint density at radius 1 is 1.14 bits per heavy atom. The lowest BCUT2D eigenvalue weighted by atomic mass is 10.1. The number of pyridine rings is 1. The molecular formula is C25H26BrN5O5. The van der Waals surface area contributed by atoms with Crippen molar-refractivity contribution in [2.24, 2.45) is 0 Å². The third kappa shape index (κ3) is 5.20. The predicted octanol–water partition coefficient (Wildman–Crippen LogP) is 3.66. The molecule has 36 heavy (non-hydrogen) atoms. The predicted molar refractivity (Wildman–Crippen MR) is 140 cm³/mol. The Labute approximate surface area is 215 Å². The molecule has 0 spiro atoms. The van der Waals surface area contributed by atoms with Gasteiger partial charge in [-0.15, -0.1) is 0 Å². The zero-order valence-electron chi connectivity index (χ0n) is 19.8. The number of rotatable bonds is 7. The molecule has 0 radical (unpaired) electrons. The van der Waals surface area contributed by atoms with Crippen LogP contribution in [-0.2, 0) is 9.59 Å². The number of anilines is 2. The van der Waals surface area contributed by atoms with Gasteiger partial charge in [0.2, 0.25) is 0 Å². The van der Waals surface area contributed by atoms with Gasteiger partial charge in [-0.1, -0.05) is 0 Å². The molecule has 10 nitrogen and oxygen atoms in total. The summed E-state index contributed by atoms with van der Waals surface area (Å²) in [6.07, 6.45) is 2.41. The first-order chi connectivity index (χ1) is 17.2. The average Bonchev–Trinajstić information content (AvgIpc) is 3.19. The van der Waals surface area contributed by atoms with Crippen LogP contribution in [0.2, 0.25) is 0 Å². The van der Waals surface area contributed by atoms with Crippen molar-refractivity contribution in [3.63, 3.8) is 0 Å². The van der Waals surface area contributed by atoms with Gasteiger partial charge in [0.25, 0.3) is 11.7 Å². The van der Waals surface area contributed by atoms with Crippen molar-refractivity contribution in [1.29, 1.82) is 0 Å². The van der Waals surface area contributed by atoms with Crippen LogP contribution in [0.25, 0.3) is 16.7 Å². The molecule has 0 unspecified atom stereocenters. The van der Waals surface area contributed by atoms with E-state index in [0.717, 1.165) is 11.5 Å². The van der Waals surface area contributed by atoms with E-state index < -0.39 is 17.5 Å². The summed E-state index contributed by atoms with van der Waals surface area (Å²) in [6.45, 7) is 6.44. The third-order valence-corrected chi connectivity index (χ3v) is 6.64.